The topological polar surface area (TPSA) is 77.0 Å². The van der Waals surface area contributed by atoms with E-state index >= 15 is 0 Å². The van der Waals surface area contributed by atoms with Gasteiger partial charge in [0.2, 0.25) is 6.79 Å². The molecule has 2 aromatic rings. The summed E-state index contributed by atoms with van der Waals surface area (Å²) in [6, 6.07) is 12.1. The van der Waals surface area contributed by atoms with Gasteiger partial charge in [-0.1, -0.05) is 26.0 Å². The van der Waals surface area contributed by atoms with E-state index < -0.39 is 10.0 Å². The Kier molecular flexibility index (Phi) is 4.94. The summed E-state index contributed by atoms with van der Waals surface area (Å²) in [6.45, 7) is 4.43. The molecule has 6 nitrogen and oxygen atoms in total. The summed E-state index contributed by atoms with van der Waals surface area (Å²) in [5.74, 6) is 1.80. The van der Waals surface area contributed by atoms with Gasteiger partial charge in [0, 0.05) is 0 Å². The molecular formula is C18H20N2O4S. The number of hydrazone groups is 1. The fourth-order valence-electron chi connectivity index (χ4n) is 2.49. The summed E-state index contributed by atoms with van der Waals surface area (Å²) < 4.78 is 35.0. The van der Waals surface area contributed by atoms with Gasteiger partial charge in [-0.25, -0.2) is 4.83 Å². The van der Waals surface area contributed by atoms with Crippen molar-refractivity contribution in [2.24, 2.45) is 11.0 Å². The van der Waals surface area contributed by atoms with Gasteiger partial charge in [0.25, 0.3) is 10.0 Å². The first kappa shape index (κ1) is 17.3. The molecule has 1 aliphatic heterocycles. The molecule has 0 amide bonds. The monoisotopic (exact) mass is 360 g/mol. The molecule has 1 aliphatic rings. The van der Waals surface area contributed by atoms with Crippen LogP contribution in [0.5, 0.6) is 11.5 Å². The molecule has 0 bridgehead atoms. The van der Waals surface area contributed by atoms with Crippen molar-refractivity contribution in [1.82, 2.24) is 4.83 Å². The third kappa shape index (κ3) is 4.30. The van der Waals surface area contributed by atoms with Crippen LogP contribution >= 0.6 is 0 Å². The van der Waals surface area contributed by atoms with Gasteiger partial charge in [0.1, 0.15) is 0 Å². The zero-order chi connectivity index (χ0) is 17.9. The van der Waals surface area contributed by atoms with E-state index in [1.807, 2.05) is 12.1 Å². The summed E-state index contributed by atoms with van der Waals surface area (Å²) in [7, 11) is -3.69. The normalized spacial score (nSPS) is 13.6. The summed E-state index contributed by atoms with van der Waals surface area (Å²) in [5.41, 5.74) is 1.82. The van der Waals surface area contributed by atoms with Crippen LogP contribution in [0, 0.1) is 5.92 Å². The average Bonchev–Trinajstić information content (AvgIpc) is 3.02. The quantitative estimate of drug-likeness (QED) is 0.635. The number of nitrogens with one attached hydrogen (secondary N) is 1. The summed E-state index contributed by atoms with van der Waals surface area (Å²) in [5, 5.41) is 3.83. The molecule has 0 aliphatic carbocycles. The number of hydrogen-bond donors (Lipinski definition) is 1. The Balaban J connectivity index is 1.67. The molecular weight excluding hydrogens is 340 g/mol. The number of hydrogen-bond acceptors (Lipinski definition) is 5. The highest BCUT2D eigenvalue weighted by Crippen LogP contribution is 2.31. The van der Waals surface area contributed by atoms with Crippen molar-refractivity contribution >= 4 is 16.2 Å². The van der Waals surface area contributed by atoms with E-state index in [1.54, 1.807) is 30.3 Å². The van der Waals surface area contributed by atoms with E-state index in [0.717, 1.165) is 12.0 Å². The first-order chi connectivity index (χ1) is 11.9. The lowest BCUT2D eigenvalue weighted by atomic mass is 10.0. The number of sulfonamides is 1. The molecule has 0 saturated carbocycles. The maximum Gasteiger partial charge on any atom is 0.276 e. The van der Waals surface area contributed by atoms with Crippen molar-refractivity contribution in [3.05, 3.63) is 53.6 Å². The summed E-state index contributed by atoms with van der Waals surface area (Å²) in [4.78, 5) is 2.40. The van der Waals surface area contributed by atoms with Crippen LogP contribution in [0.1, 0.15) is 25.0 Å². The van der Waals surface area contributed by atoms with Crippen molar-refractivity contribution in [2.45, 2.75) is 25.2 Å². The Morgan fingerprint density at radius 2 is 1.84 bits per heavy atom. The molecule has 0 aromatic heterocycles. The second-order valence-electron chi connectivity index (χ2n) is 6.21. The minimum atomic E-state index is -3.69. The lowest BCUT2D eigenvalue weighted by Crippen LogP contribution is -2.18. The van der Waals surface area contributed by atoms with E-state index in [-0.39, 0.29) is 11.7 Å². The van der Waals surface area contributed by atoms with Gasteiger partial charge in [0.05, 0.1) is 11.1 Å². The fraction of sp³-hybridized carbons (Fsp3) is 0.278. The highest BCUT2D eigenvalue weighted by Gasteiger charge is 2.14. The fourth-order valence-corrected chi connectivity index (χ4v) is 3.28. The molecule has 0 saturated heterocycles. The molecule has 132 valence electrons. The van der Waals surface area contributed by atoms with E-state index in [9.17, 15) is 8.42 Å². The van der Waals surface area contributed by atoms with E-state index in [0.29, 0.717) is 23.0 Å². The predicted molar refractivity (Wildman–Crippen MR) is 95.5 cm³/mol. The first-order valence-electron chi connectivity index (χ1n) is 7.97. The van der Waals surface area contributed by atoms with E-state index in [2.05, 4.69) is 23.8 Å². The number of fused-ring (bicyclic) bond motifs is 1. The Bertz CT molecular complexity index is 874. The minimum absolute atomic E-state index is 0.183. The minimum Gasteiger partial charge on any atom is -0.454 e. The second kappa shape index (κ2) is 7.14. The van der Waals surface area contributed by atoms with Gasteiger partial charge in [-0.05, 0) is 53.8 Å². The van der Waals surface area contributed by atoms with Crippen LogP contribution in [0.2, 0.25) is 0 Å². The van der Waals surface area contributed by atoms with Crippen molar-refractivity contribution in [3.63, 3.8) is 0 Å². The smallest absolute Gasteiger partial charge is 0.276 e. The first-order valence-corrected chi connectivity index (χ1v) is 9.46. The standard InChI is InChI=1S/C18H20N2O4S/c1-13(2)9-14-3-6-16(7-4-14)25(21,22)20-19-11-15-5-8-17-18(10-15)24-12-23-17/h3-8,10-11,13,20H,9,12H2,1-2H3/b19-11-. The lowest BCUT2D eigenvalue weighted by molar-refractivity contribution is 0.174. The van der Waals surface area contributed by atoms with E-state index in [4.69, 9.17) is 9.47 Å². The molecule has 0 atom stereocenters. The Labute approximate surface area is 147 Å². The molecule has 0 radical (unpaired) electrons. The van der Waals surface area contributed by atoms with E-state index in [1.165, 1.54) is 6.21 Å². The summed E-state index contributed by atoms with van der Waals surface area (Å²) in [6.07, 6.45) is 2.34. The van der Waals surface area contributed by atoms with Crippen LogP contribution in [0.3, 0.4) is 0 Å². The molecule has 0 spiro atoms. The van der Waals surface area contributed by atoms with Crippen LogP contribution in [-0.2, 0) is 16.4 Å². The molecule has 7 heteroatoms. The van der Waals surface area contributed by atoms with Gasteiger partial charge in [-0.2, -0.15) is 13.5 Å². The number of benzene rings is 2. The van der Waals surface area contributed by atoms with Crippen LogP contribution in [0.15, 0.2) is 52.5 Å². The largest absolute Gasteiger partial charge is 0.454 e. The molecule has 0 fully saturated rings. The average molecular weight is 360 g/mol. The highest BCUT2D eigenvalue weighted by atomic mass is 32.2. The van der Waals surface area contributed by atoms with Gasteiger partial charge in [-0.3, -0.25) is 0 Å². The SMILES string of the molecule is CC(C)Cc1ccc(S(=O)(=O)N/N=C\c2ccc3c(c2)OCO3)cc1. The van der Waals surface area contributed by atoms with Crippen LogP contribution in [-0.4, -0.2) is 21.4 Å². The van der Waals surface area contributed by atoms with Gasteiger partial charge in [-0.15, -0.1) is 0 Å². The zero-order valence-corrected chi connectivity index (χ0v) is 14.9. The second-order valence-corrected chi connectivity index (χ2v) is 7.87. The zero-order valence-electron chi connectivity index (χ0n) is 14.1. The van der Waals surface area contributed by atoms with Crippen molar-refractivity contribution in [2.75, 3.05) is 6.79 Å². The Hall–Kier alpha value is -2.54. The van der Waals surface area contributed by atoms with Gasteiger partial charge in [0.15, 0.2) is 11.5 Å². The molecule has 1 N–H and O–H groups in total. The third-order valence-corrected chi connectivity index (χ3v) is 4.90. The molecule has 2 aromatic carbocycles. The highest BCUT2D eigenvalue weighted by molar-refractivity contribution is 7.89. The molecule has 25 heavy (non-hydrogen) atoms. The van der Waals surface area contributed by atoms with Crippen molar-refractivity contribution in [3.8, 4) is 11.5 Å². The summed E-state index contributed by atoms with van der Waals surface area (Å²) >= 11 is 0. The molecule has 0 unspecified atom stereocenters. The number of nitrogens with zero attached hydrogens (tertiary/aromatic N) is 1. The van der Waals surface area contributed by atoms with Crippen molar-refractivity contribution < 1.29 is 17.9 Å². The molecule has 1 heterocycles. The predicted octanol–water partition coefficient (Wildman–Crippen LogP) is 2.93. The van der Waals surface area contributed by atoms with Crippen LogP contribution in [0.4, 0.5) is 0 Å². The maximum atomic E-state index is 12.3. The van der Waals surface area contributed by atoms with Crippen LogP contribution < -0.4 is 14.3 Å². The van der Waals surface area contributed by atoms with Gasteiger partial charge < -0.3 is 9.47 Å². The maximum absolute atomic E-state index is 12.3. The Morgan fingerprint density at radius 1 is 1.12 bits per heavy atom. The third-order valence-electron chi connectivity index (χ3n) is 3.66. The number of rotatable bonds is 6. The molecule has 3 rings (SSSR count). The van der Waals surface area contributed by atoms with Gasteiger partial charge >= 0.3 is 0 Å². The Morgan fingerprint density at radius 3 is 2.56 bits per heavy atom. The number of ether oxygens (including phenoxy) is 2. The lowest BCUT2D eigenvalue weighted by Gasteiger charge is -2.07. The van der Waals surface area contributed by atoms with Crippen LogP contribution in [0.25, 0.3) is 0 Å². The van der Waals surface area contributed by atoms with Crippen molar-refractivity contribution in [1.29, 1.82) is 0 Å².